The summed E-state index contributed by atoms with van der Waals surface area (Å²) in [5.74, 6) is -0.0480. The third-order valence-electron chi connectivity index (χ3n) is 2.55. The van der Waals surface area contributed by atoms with E-state index in [0.717, 1.165) is 5.69 Å². The van der Waals surface area contributed by atoms with E-state index in [1.54, 1.807) is 11.1 Å². The van der Waals surface area contributed by atoms with Crippen molar-refractivity contribution in [2.75, 3.05) is 6.54 Å². The van der Waals surface area contributed by atoms with E-state index in [1.807, 2.05) is 39.0 Å². The third-order valence-corrected chi connectivity index (χ3v) is 2.55. The van der Waals surface area contributed by atoms with Crippen molar-refractivity contribution < 1.29 is 4.79 Å². The van der Waals surface area contributed by atoms with E-state index >= 15 is 0 Å². The summed E-state index contributed by atoms with van der Waals surface area (Å²) in [5.41, 5.74) is 6.30. The van der Waals surface area contributed by atoms with Gasteiger partial charge in [-0.1, -0.05) is 6.07 Å². The quantitative estimate of drug-likeness (QED) is 0.834. The largest absolute Gasteiger partial charge is 0.331 e. The predicted octanol–water partition coefficient (Wildman–Crippen LogP) is 1.34. The maximum absolute atomic E-state index is 11.7. The van der Waals surface area contributed by atoms with E-state index < -0.39 is 0 Å². The van der Waals surface area contributed by atoms with E-state index in [0.29, 0.717) is 0 Å². The summed E-state index contributed by atoms with van der Waals surface area (Å²) in [7, 11) is 0. The Kier molecular flexibility index (Phi) is 4.43. The standard InChI is InChI=1S/C12H19N3O/c1-9(2)15(12(16)8-13)10(3)11-6-4-5-7-14-11/h4-7,9-10H,8,13H2,1-3H3/t10-/m1/s1. The summed E-state index contributed by atoms with van der Waals surface area (Å²) in [6.07, 6.45) is 1.73. The van der Waals surface area contributed by atoms with Gasteiger partial charge in [0.05, 0.1) is 18.3 Å². The number of pyridine rings is 1. The first-order valence-corrected chi connectivity index (χ1v) is 5.50. The Bertz CT molecular complexity index is 337. The number of amides is 1. The Labute approximate surface area is 96.5 Å². The van der Waals surface area contributed by atoms with Crippen LogP contribution >= 0.6 is 0 Å². The molecule has 88 valence electrons. The highest BCUT2D eigenvalue weighted by Gasteiger charge is 2.23. The minimum atomic E-state index is -0.0480. The molecule has 0 fully saturated rings. The Morgan fingerprint density at radius 3 is 2.56 bits per heavy atom. The van der Waals surface area contributed by atoms with Crippen molar-refractivity contribution >= 4 is 5.91 Å². The molecule has 1 aromatic heterocycles. The molecule has 1 atom stereocenters. The van der Waals surface area contributed by atoms with Crippen molar-refractivity contribution in [3.63, 3.8) is 0 Å². The lowest BCUT2D eigenvalue weighted by Crippen LogP contribution is -2.42. The molecular formula is C12H19N3O. The molecule has 0 aliphatic rings. The number of carbonyl (C=O) groups excluding carboxylic acids is 1. The summed E-state index contributed by atoms with van der Waals surface area (Å²) in [5, 5.41) is 0. The van der Waals surface area contributed by atoms with Crippen molar-refractivity contribution in [1.82, 2.24) is 9.88 Å². The fourth-order valence-electron chi connectivity index (χ4n) is 1.82. The molecule has 0 aliphatic carbocycles. The van der Waals surface area contributed by atoms with Gasteiger partial charge in [-0.3, -0.25) is 9.78 Å². The summed E-state index contributed by atoms with van der Waals surface area (Å²) >= 11 is 0. The van der Waals surface area contributed by atoms with Crippen molar-refractivity contribution in [3.8, 4) is 0 Å². The first-order chi connectivity index (χ1) is 7.57. The summed E-state index contributed by atoms with van der Waals surface area (Å²) in [4.78, 5) is 17.8. The number of carbonyl (C=O) groups is 1. The lowest BCUT2D eigenvalue weighted by Gasteiger charge is -2.32. The van der Waals surface area contributed by atoms with Crippen LogP contribution in [0.3, 0.4) is 0 Å². The van der Waals surface area contributed by atoms with Gasteiger partial charge < -0.3 is 10.6 Å². The Hall–Kier alpha value is -1.42. The van der Waals surface area contributed by atoms with Crippen LogP contribution < -0.4 is 5.73 Å². The van der Waals surface area contributed by atoms with Gasteiger partial charge in [0.2, 0.25) is 5.91 Å². The average Bonchev–Trinajstić information content (AvgIpc) is 2.29. The van der Waals surface area contributed by atoms with Crippen LogP contribution in [-0.2, 0) is 4.79 Å². The molecule has 0 aliphatic heterocycles. The topological polar surface area (TPSA) is 59.2 Å². The highest BCUT2D eigenvalue weighted by molar-refractivity contribution is 5.78. The Balaban J connectivity index is 2.92. The second-order valence-electron chi connectivity index (χ2n) is 4.03. The Morgan fingerprint density at radius 2 is 2.12 bits per heavy atom. The SMILES string of the molecule is CC(C)N(C(=O)CN)[C@H](C)c1ccccn1. The highest BCUT2D eigenvalue weighted by Crippen LogP contribution is 2.20. The monoisotopic (exact) mass is 221 g/mol. The molecule has 0 unspecified atom stereocenters. The number of aromatic nitrogens is 1. The predicted molar refractivity (Wildman–Crippen MR) is 63.7 cm³/mol. The van der Waals surface area contributed by atoms with Gasteiger partial charge in [-0.2, -0.15) is 0 Å². The van der Waals surface area contributed by atoms with Gasteiger partial charge in [0.25, 0.3) is 0 Å². The lowest BCUT2D eigenvalue weighted by atomic mass is 10.1. The molecule has 0 saturated carbocycles. The van der Waals surface area contributed by atoms with Crippen LogP contribution in [0, 0.1) is 0 Å². The highest BCUT2D eigenvalue weighted by atomic mass is 16.2. The third kappa shape index (κ3) is 2.79. The Morgan fingerprint density at radius 1 is 1.44 bits per heavy atom. The molecule has 1 heterocycles. The molecular weight excluding hydrogens is 202 g/mol. The molecule has 4 nitrogen and oxygen atoms in total. The van der Waals surface area contributed by atoms with Gasteiger partial charge >= 0.3 is 0 Å². The van der Waals surface area contributed by atoms with Crippen LogP contribution in [-0.4, -0.2) is 28.4 Å². The van der Waals surface area contributed by atoms with Gasteiger partial charge in [0, 0.05) is 12.2 Å². The van der Waals surface area contributed by atoms with Crippen LogP contribution in [0.4, 0.5) is 0 Å². The van der Waals surface area contributed by atoms with Gasteiger partial charge in [0.1, 0.15) is 0 Å². The molecule has 4 heteroatoms. The molecule has 1 aromatic rings. The second kappa shape index (κ2) is 5.61. The first-order valence-electron chi connectivity index (χ1n) is 5.50. The fraction of sp³-hybridized carbons (Fsp3) is 0.500. The summed E-state index contributed by atoms with van der Waals surface area (Å²) < 4.78 is 0. The van der Waals surface area contributed by atoms with Crippen molar-refractivity contribution in [2.24, 2.45) is 5.73 Å². The van der Waals surface area contributed by atoms with Crippen molar-refractivity contribution in [2.45, 2.75) is 32.9 Å². The zero-order chi connectivity index (χ0) is 12.1. The number of rotatable bonds is 4. The fourth-order valence-corrected chi connectivity index (χ4v) is 1.82. The molecule has 16 heavy (non-hydrogen) atoms. The summed E-state index contributed by atoms with van der Waals surface area (Å²) in [6, 6.07) is 5.78. The van der Waals surface area contributed by atoms with E-state index in [1.165, 1.54) is 0 Å². The number of nitrogens with two attached hydrogens (primary N) is 1. The number of hydrogen-bond acceptors (Lipinski definition) is 3. The zero-order valence-corrected chi connectivity index (χ0v) is 10.1. The van der Waals surface area contributed by atoms with E-state index in [2.05, 4.69) is 4.98 Å². The molecule has 0 radical (unpaired) electrons. The van der Waals surface area contributed by atoms with Crippen LogP contribution in [0.15, 0.2) is 24.4 Å². The van der Waals surface area contributed by atoms with Gasteiger partial charge in [-0.25, -0.2) is 0 Å². The normalized spacial score (nSPS) is 12.6. The molecule has 0 aromatic carbocycles. The van der Waals surface area contributed by atoms with Crippen LogP contribution in [0.25, 0.3) is 0 Å². The number of hydrogen-bond donors (Lipinski definition) is 1. The minimum Gasteiger partial charge on any atom is -0.331 e. The van der Waals surface area contributed by atoms with E-state index in [-0.39, 0.29) is 24.5 Å². The molecule has 0 spiro atoms. The lowest BCUT2D eigenvalue weighted by molar-refractivity contribution is -0.133. The van der Waals surface area contributed by atoms with Crippen LogP contribution in [0.1, 0.15) is 32.5 Å². The molecule has 1 amide bonds. The second-order valence-corrected chi connectivity index (χ2v) is 4.03. The molecule has 0 bridgehead atoms. The zero-order valence-electron chi connectivity index (χ0n) is 10.1. The molecule has 0 saturated heterocycles. The van der Waals surface area contributed by atoms with E-state index in [4.69, 9.17) is 5.73 Å². The van der Waals surface area contributed by atoms with Crippen LogP contribution in [0.2, 0.25) is 0 Å². The molecule has 1 rings (SSSR count). The van der Waals surface area contributed by atoms with Crippen LogP contribution in [0.5, 0.6) is 0 Å². The number of nitrogens with zero attached hydrogens (tertiary/aromatic N) is 2. The van der Waals surface area contributed by atoms with Gasteiger partial charge in [-0.05, 0) is 32.9 Å². The maximum Gasteiger partial charge on any atom is 0.237 e. The van der Waals surface area contributed by atoms with Crippen molar-refractivity contribution in [1.29, 1.82) is 0 Å². The van der Waals surface area contributed by atoms with Gasteiger partial charge in [-0.15, -0.1) is 0 Å². The minimum absolute atomic E-state index is 0.0371. The van der Waals surface area contributed by atoms with E-state index in [9.17, 15) is 4.79 Å². The molecule has 2 N–H and O–H groups in total. The van der Waals surface area contributed by atoms with Gasteiger partial charge in [0.15, 0.2) is 0 Å². The average molecular weight is 221 g/mol. The first kappa shape index (κ1) is 12.6. The smallest absolute Gasteiger partial charge is 0.237 e. The summed E-state index contributed by atoms with van der Waals surface area (Å²) in [6.45, 7) is 5.96. The maximum atomic E-state index is 11.7. The van der Waals surface area contributed by atoms with Crippen molar-refractivity contribution in [3.05, 3.63) is 30.1 Å².